The lowest BCUT2D eigenvalue weighted by Gasteiger charge is -2.17. The van der Waals surface area contributed by atoms with Crippen LogP contribution in [0.25, 0.3) is 10.9 Å². The molecule has 1 aromatic heterocycles. The van der Waals surface area contributed by atoms with E-state index < -0.39 is 0 Å². The smallest absolute Gasteiger partial charge is 0.254 e. The highest BCUT2D eigenvalue weighted by Crippen LogP contribution is 2.23. The highest BCUT2D eigenvalue weighted by molar-refractivity contribution is 6.07. The Bertz CT molecular complexity index is 648. The number of fused-ring (bicyclic) bond motifs is 1. The summed E-state index contributed by atoms with van der Waals surface area (Å²) in [6, 6.07) is 9.77. The van der Waals surface area contributed by atoms with Gasteiger partial charge in [-0.15, -0.1) is 0 Å². The van der Waals surface area contributed by atoms with Crippen LogP contribution in [0.3, 0.4) is 0 Å². The van der Waals surface area contributed by atoms with Gasteiger partial charge in [0.25, 0.3) is 5.91 Å². The van der Waals surface area contributed by atoms with Crippen LogP contribution in [-0.2, 0) is 0 Å². The van der Waals surface area contributed by atoms with Crippen molar-refractivity contribution in [3.8, 4) is 0 Å². The maximum Gasteiger partial charge on any atom is 0.254 e. The quantitative estimate of drug-likeness (QED) is 0.936. The number of hydrogen-bond acceptors (Lipinski definition) is 3. The minimum absolute atomic E-state index is 0.130. The van der Waals surface area contributed by atoms with Crippen LogP contribution < -0.4 is 5.32 Å². The van der Waals surface area contributed by atoms with Gasteiger partial charge < -0.3 is 10.2 Å². The predicted octanol–water partition coefficient (Wildman–Crippen LogP) is 3.29. The van der Waals surface area contributed by atoms with E-state index in [1.165, 1.54) is 0 Å². The Labute approximate surface area is 125 Å². The summed E-state index contributed by atoms with van der Waals surface area (Å²) in [5.41, 5.74) is 1.64. The Morgan fingerprint density at radius 3 is 2.81 bits per heavy atom. The predicted molar refractivity (Wildman–Crippen MR) is 85.7 cm³/mol. The molecule has 0 unspecified atom stereocenters. The van der Waals surface area contributed by atoms with Gasteiger partial charge in [0.05, 0.1) is 11.1 Å². The van der Waals surface area contributed by atoms with E-state index in [1.54, 1.807) is 0 Å². The summed E-state index contributed by atoms with van der Waals surface area (Å²) >= 11 is 0. The monoisotopic (exact) mass is 283 g/mol. The third-order valence-electron chi connectivity index (χ3n) is 3.90. The number of carbonyl (C=O) groups excluding carboxylic acids is 1. The number of anilines is 1. The van der Waals surface area contributed by atoms with Crippen molar-refractivity contribution < 1.29 is 4.79 Å². The fourth-order valence-corrected chi connectivity index (χ4v) is 2.79. The molecule has 2 heterocycles. The van der Waals surface area contributed by atoms with Crippen LogP contribution in [0.5, 0.6) is 0 Å². The minimum Gasteiger partial charge on any atom is -0.370 e. The number of amides is 1. The number of carbonyl (C=O) groups is 1. The number of nitrogens with zero attached hydrogens (tertiary/aromatic N) is 2. The third kappa shape index (κ3) is 2.84. The highest BCUT2D eigenvalue weighted by atomic mass is 16.2. The number of aromatic nitrogens is 1. The van der Waals surface area contributed by atoms with E-state index in [9.17, 15) is 4.79 Å². The van der Waals surface area contributed by atoms with Gasteiger partial charge in [-0.2, -0.15) is 0 Å². The number of nitrogens with one attached hydrogen (secondary N) is 1. The molecule has 1 aromatic carbocycles. The Hall–Kier alpha value is -2.10. The van der Waals surface area contributed by atoms with E-state index >= 15 is 0 Å². The number of rotatable bonds is 4. The van der Waals surface area contributed by atoms with Gasteiger partial charge in [0, 0.05) is 25.0 Å². The molecule has 3 rings (SSSR count). The Morgan fingerprint density at radius 2 is 2.05 bits per heavy atom. The molecule has 0 bridgehead atoms. The lowest BCUT2D eigenvalue weighted by molar-refractivity contribution is 0.0794. The molecular weight excluding hydrogens is 262 g/mol. The zero-order valence-electron chi connectivity index (χ0n) is 12.4. The highest BCUT2D eigenvalue weighted by Gasteiger charge is 2.22. The summed E-state index contributed by atoms with van der Waals surface area (Å²) < 4.78 is 0. The number of para-hydroxylation sites is 1. The number of likely N-dealkylation sites (tertiary alicyclic amines) is 1. The average Bonchev–Trinajstić information content (AvgIpc) is 3.05. The normalized spacial score (nSPS) is 14.6. The maximum atomic E-state index is 12.8. The van der Waals surface area contributed by atoms with Gasteiger partial charge in [0.2, 0.25) is 0 Å². The second-order valence-corrected chi connectivity index (χ2v) is 5.50. The first kappa shape index (κ1) is 13.9. The zero-order valence-corrected chi connectivity index (χ0v) is 12.4. The van der Waals surface area contributed by atoms with Gasteiger partial charge in [-0.25, -0.2) is 4.98 Å². The molecule has 0 radical (unpaired) electrons. The lowest BCUT2D eigenvalue weighted by atomic mass is 10.1. The van der Waals surface area contributed by atoms with Crippen LogP contribution in [0.15, 0.2) is 30.3 Å². The van der Waals surface area contributed by atoms with Crippen LogP contribution in [0.2, 0.25) is 0 Å². The summed E-state index contributed by atoms with van der Waals surface area (Å²) in [5, 5.41) is 4.23. The Kier molecular flexibility index (Phi) is 4.04. The number of benzene rings is 1. The van der Waals surface area contributed by atoms with Crippen molar-refractivity contribution in [1.29, 1.82) is 0 Å². The van der Waals surface area contributed by atoms with Gasteiger partial charge >= 0.3 is 0 Å². The fraction of sp³-hybridized carbons (Fsp3) is 0.412. The van der Waals surface area contributed by atoms with Gasteiger partial charge in [0.1, 0.15) is 5.82 Å². The van der Waals surface area contributed by atoms with Crippen molar-refractivity contribution in [3.63, 3.8) is 0 Å². The molecule has 1 saturated heterocycles. The first-order valence-corrected chi connectivity index (χ1v) is 7.72. The van der Waals surface area contributed by atoms with Crippen LogP contribution in [-0.4, -0.2) is 35.4 Å². The van der Waals surface area contributed by atoms with Crippen LogP contribution in [0.4, 0.5) is 5.82 Å². The van der Waals surface area contributed by atoms with Crippen LogP contribution in [0.1, 0.15) is 36.5 Å². The molecule has 21 heavy (non-hydrogen) atoms. The van der Waals surface area contributed by atoms with Crippen LogP contribution >= 0.6 is 0 Å². The molecule has 110 valence electrons. The molecular formula is C17H21N3O. The van der Waals surface area contributed by atoms with Gasteiger partial charge in [-0.3, -0.25) is 4.79 Å². The third-order valence-corrected chi connectivity index (χ3v) is 3.90. The second kappa shape index (κ2) is 6.12. The molecule has 0 saturated carbocycles. The van der Waals surface area contributed by atoms with E-state index in [2.05, 4.69) is 17.2 Å². The standard InChI is InChI=1S/C17H21N3O/c1-2-9-18-16-12-14(17(21)20-10-5-6-11-20)13-7-3-4-8-15(13)19-16/h3-4,7-8,12H,2,5-6,9-11H2,1H3,(H,18,19). The van der Waals surface area contributed by atoms with E-state index in [1.807, 2.05) is 35.2 Å². The van der Waals surface area contributed by atoms with Crippen molar-refractivity contribution >= 4 is 22.6 Å². The van der Waals surface area contributed by atoms with E-state index in [0.29, 0.717) is 0 Å². The van der Waals surface area contributed by atoms with Crippen LogP contribution in [0, 0.1) is 0 Å². The van der Waals surface area contributed by atoms with E-state index in [-0.39, 0.29) is 5.91 Å². The molecule has 1 amide bonds. The summed E-state index contributed by atoms with van der Waals surface area (Å²) in [5.74, 6) is 0.920. The molecule has 1 fully saturated rings. The molecule has 0 aliphatic carbocycles. The molecule has 1 aliphatic rings. The fourth-order valence-electron chi connectivity index (χ4n) is 2.79. The Morgan fingerprint density at radius 1 is 1.29 bits per heavy atom. The largest absolute Gasteiger partial charge is 0.370 e. The topological polar surface area (TPSA) is 45.2 Å². The molecule has 0 spiro atoms. The summed E-state index contributed by atoms with van der Waals surface area (Å²) in [6.45, 7) is 4.72. The van der Waals surface area contributed by atoms with E-state index in [0.717, 1.165) is 61.2 Å². The molecule has 1 N–H and O–H groups in total. The summed E-state index contributed by atoms with van der Waals surface area (Å²) in [4.78, 5) is 19.3. The first-order valence-electron chi connectivity index (χ1n) is 7.72. The molecule has 2 aromatic rings. The zero-order chi connectivity index (χ0) is 14.7. The first-order chi connectivity index (χ1) is 10.3. The Balaban J connectivity index is 2.03. The molecule has 4 nitrogen and oxygen atoms in total. The number of hydrogen-bond donors (Lipinski definition) is 1. The van der Waals surface area contributed by atoms with Crippen molar-refractivity contribution in [2.45, 2.75) is 26.2 Å². The van der Waals surface area contributed by atoms with Crippen molar-refractivity contribution in [2.75, 3.05) is 25.0 Å². The summed E-state index contributed by atoms with van der Waals surface area (Å²) in [7, 11) is 0. The summed E-state index contributed by atoms with van der Waals surface area (Å²) in [6.07, 6.45) is 3.25. The minimum atomic E-state index is 0.130. The van der Waals surface area contributed by atoms with Gasteiger partial charge in [-0.05, 0) is 31.4 Å². The van der Waals surface area contributed by atoms with Crippen molar-refractivity contribution in [2.24, 2.45) is 0 Å². The molecule has 1 aliphatic heterocycles. The molecule has 4 heteroatoms. The van der Waals surface area contributed by atoms with Crippen molar-refractivity contribution in [1.82, 2.24) is 9.88 Å². The average molecular weight is 283 g/mol. The van der Waals surface area contributed by atoms with Gasteiger partial charge in [-0.1, -0.05) is 25.1 Å². The van der Waals surface area contributed by atoms with Crippen molar-refractivity contribution in [3.05, 3.63) is 35.9 Å². The second-order valence-electron chi connectivity index (χ2n) is 5.50. The van der Waals surface area contributed by atoms with Gasteiger partial charge in [0.15, 0.2) is 0 Å². The lowest BCUT2D eigenvalue weighted by Crippen LogP contribution is -2.28. The molecule has 0 atom stereocenters. The SMILES string of the molecule is CCCNc1cc(C(=O)N2CCCC2)c2ccccc2n1. The number of pyridine rings is 1. The maximum absolute atomic E-state index is 12.8. The van der Waals surface area contributed by atoms with E-state index in [4.69, 9.17) is 0 Å².